The Morgan fingerprint density at radius 3 is 1.62 bits per heavy atom. The molecule has 0 unspecified atom stereocenters. The van der Waals surface area contributed by atoms with Gasteiger partial charge in [-0.15, -0.1) is 0 Å². The van der Waals surface area contributed by atoms with Crippen molar-refractivity contribution in [3.8, 4) is 0 Å². The molecule has 1 aromatic rings. The molecule has 1 heterocycles. The van der Waals surface area contributed by atoms with Crippen molar-refractivity contribution in [3.63, 3.8) is 0 Å². The Morgan fingerprint density at radius 2 is 1.11 bits per heavy atom. The molecule has 0 aromatic heterocycles. The normalized spacial score (nSPS) is 22.2. The monoisotopic (exact) mass is 1320 g/mol. The van der Waals surface area contributed by atoms with Crippen molar-refractivity contribution in [1.82, 2.24) is 58.5 Å². The van der Waals surface area contributed by atoms with Gasteiger partial charge >= 0.3 is 5.97 Å². The molecule has 33 heteroatoms. The predicted octanol–water partition coefficient (Wildman–Crippen LogP) is -6.49. The Labute approximate surface area is 543 Å². The number of hydrogen-bond acceptors (Lipinski definition) is 21. The minimum absolute atomic E-state index is 0.0202. The van der Waals surface area contributed by atoms with Gasteiger partial charge in [-0.25, -0.2) is 0 Å². The largest absolute Gasteiger partial charge is 0.459 e. The maximum Gasteiger partial charge on any atom is 0.323 e. The zero-order valence-corrected chi connectivity index (χ0v) is 54.4. The Kier molecular flexibility index (Phi) is 37.6. The summed E-state index contributed by atoms with van der Waals surface area (Å²) < 4.78 is 5.44. The van der Waals surface area contributed by atoms with Crippen molar-refractivity contribution in [2.24, 2.45) is 52.0 Å². The standard InChI is InChI=1S/C60H104N18O15/c1-7-33(4)13-11-12-16-47(81)69-38(17-23-61)54(86)78-49(35(6)93-60(92)37(66)31-46(67)80)59(91)74-41(20-26-64)51(83)73-43-22-28-68-58(90)48(34(5)79)77-55(87)42(21-27-65)71-50(82)39(18-24-62)72-56(88)44(29-32(2)3)75-57(89)45(30-36-14-9-8-10-15-36)76-52(84)40(19-25-63)70-53(43)85/h8-10,14-15,32-35,37-45,48-49,79H,7,11-13,16-31,61-66H2,1-6H3,(H2,67,80)(H,68,90)(H,69,81)(H,70,85)(H,71,82)(H,72,88)(H,73,83)(H,74,91)(H,75,89)(H,76,84)(H,77,87)(H,78,86)/t33-,34+,35+,37-,38-,39-,40-,41-,42-,43-,44-,45+,48-,49-/m0/s1. The number of nitrogens with two attached hydrogens (primary N) is 7. The van der Waals surface area contributed by atoms with Crippen LogP contribution in [0.25, 0.3) is 0 Å². The highest BCUT2D eigenvalue weighted by atomic mass is 16.5. The number of nitrogens with one attached hydrogen (secondary N) is 11. The third-order valence-corrected chi connectivity index (χ3v) is 15.3. The molecule has 0 saturated carbocycles. The van der Waals surface area contributed by atoms with Crippen LogP contribution in [-0.2, 0) is 73.5 Å². The molecule has 12 amide bonds. The number of primary amides is 1. The summed E-state index contributed by atoms with van der Waals surface area (Å²) in [7, 11) is 0. The van der Waals surface area contributed by atoms with Crippen molar-refractivity contribution >= 4 is 76.9 Å². The summed E-state index contributed by atoms with van der Waals surface area (Å²) in [5, 5.41) is 38.9. The van der Waals surface area contributed by atoms with E-state index in [0.29, 0.717) is 17.9 Å². The number of carbonyl (C=O) groups excluding carboxylic acids is 13. The number of amides is 12. The summed E-state index contributed by atoms with van der Waals surface area (Å²) in [6.07, 6.45) is -2.52. The number of carbonyl (C=O) groups is 13. The first-order chi connectivity index (χ1) is 44.0. The van der Waals surface area contributed by atoms with E-state index in [4.69, 9.17) is 44.9 Å². The van der Waals surface area contributed by atoms with Gasteiger partial charge in [0.05, 0.1) is 12.5 Å². The lowest BCUT2D eigenvalue weighted by atomic mass is 10.00. The highest BCUT2D eigenvalue weighted by Gasteiger charge is 2.39. The van der Waals surface area contributed by atoms with Gasteiger partial charge < -0.3 is 108 Å². The van der Waals surface area contributed by atoms with E-state index in [-0.39, 0.29) is 90.0 Å². The SMILES string of the molecule is CC[C@H](C)CCCCC(=O)N[C@@H](CCN)C(=O)N[C@H](C(=O)N[C@@H](CCN)C(=O)N[C@H]1CCNC(=O)[C@H]([C@@H](C)O)NC(=O)[C@H](CCN)NC(=O)[C@H](CCN)NC(=O)[C@H](CC(C)C)NC(=O)[C@@H](Cc2ccccc2)NC(=O)[C@H](CCN)NC1=O)[C@@H](C)OC(=O)[C@@H](N)CC(N)=O. The summed E-state index contributed by atoms with van der Waals surface area (Å²) in [6, 6.07) is -8.70. The highest BCUT2D eigenvalue weighted by Crippen LogP contribution is 2.15. The average molecular weight is 1320 g/mol. The van der Waals surface area contributed by atoms with Crippen molar-refractivity contribution in [3.05, 3.63) is 35.9 Å². The molecule has 0 spiro atoms. The molecule has 1 aromatic carbocycles. The fraction of sp³-hybridized carbons (Fsp3) is 0.683. The number of rotatable bonds is 33. The summed E-state index contributed by atoms with van der Waals surface area (Å²) in [6.45, 7) is 8.57. The minimum atomic E-state index is -1.89. The molecule has 33 nitrogen and oxygen atoms in total. The van der Waals surface area contributed by atoms with Crippen molar-refractivity contribution in [2.75, 3.05) is 39.3 Å². The summed E-state index contributed by atoms with van der Waals surface area (Å²) in [5.74, 6) is -12.3. The van der Waals surface area contributed by atoms with Crippen LogP contribution in [0.3, 0.4) is 0 Å². The number of aliphatic hydroxyl groups is 1. The molecule has 1 aliphatic heterocycles. The highest BCUT2D eigenvalue weighted by molar-refractivity contribution is 5.99. The molecular weight excluding hydrogens is 1210 g/mol. The summed E-state index contributed by atoms with van der Waals surface area (Å²) in [4.78, 5) is 181. The molecule has 0 aliphatic carbocycles. The van der Waals surface area contributed by atoms with E-state index in [1.807, 2.05) is 0 Å². The zero-order chi connectivity index (χ0) is 69.9. The molecule has 93 heavy (non-hydrogen) atoms. The van der Waals surface area contributed by atoms with E-state index in [2.05, 4.69) is 72.3 Å². The lowest BCUT2D eigenvalue weighted by Crippen LogP contribution is -2.62. The quantitative estimate of drug-likeness (QED) is 0.0230. The summed E-state index contributed by atoms with van der Waals surface area (Å²) in [5.41, 5.74) is 41.2. The van der Waals surface area contributed by atoms with E-state index >= 15 is 0 Å². The Hall–Kier alpha value is -7.95. The molecule has 26 N–H and O–H groups in total. The lowest BCUT2D eigenvalue weighted by Gasteiger charge is -2.30. The van der Waals surface area contributed by atoms with Crippen molar-refractivity contribution < 1.29 is 72.2 Å². The van der Waals surface area contributed by atoms with Crippen LogP contribution in [0.1, 0.15) is 131 Å². The van der Waals surface area contributed by atoms with E-state index in [9.17, 15) is 67.4 Å². The van der Waals surface area contributed by atoms with Gasteiger partial charge in [-0.2, -0.15) is 0 Å². The molecule has 524 valence electrons. The molecule has 1 saturated heterocycles. The first kappa shape index (κ1) is 81.1. The van der Waals surface area contributed by atoms with Crippen LogP contribution in [0.4, 0.5) is 0 Å². The number of unbranched alkanes of at least 4 members (excludes halogenated alkanes) is 1. The third-order valence-electron chi connectivity index (χ3n) is 15.3. The average Bonchev–Trinajstić information content (AvgIpc) is 1.11. The number of benzene rings is 1. The molecule has 1 aliphatic rings. The number of ether oxygens (including phenoxy) is 1. The fourth-order valence-corrected chi connectivity index (χ4v) is 9.75. The van der Waals surface area contributed by atoms with Crippen molar-refractivity contribution in [2.45, 2.75) is 210 Å². The van der Waals surface area contributed by atoms with E-state index in [1.54, 1.807) is 44.2 Å². The molecule has 1 fully saturated rings. The first-order valence-corrected chi connectivity index (χ1v) is 31.8. The van der Waals surface area contributed by atoms with Gasteiger partial charge in [-0.1, -0.05) is 77.3 Å². The smallest absolute Gasteiger partial charge is 0.323 e. The zero-order valence-electron chi connectivity index (χ0n) is 54.4. The van der Waals surface area contributed by atoms with Gasteiger partial charge in [0.1, 0.15) is 72.6 Å². The van der Waals surface area contributed by atoms with Gasteiger partial charge in [0.2, 0.25) is 70.9 Å². The van der Waals surface area contributed by atoms with E-state index in [0.717, 1.165) is 19.3 Å². The van der Waals surface area contributed by atoms with Gasteiger partial charge in [0, 0.05) is 19.4 Å². The van der Waals surface area contributed by atoms with Crippen molar-refractivity contribution in [1.29, 1.82) is 0 Å². The van der Waals surface area contributed by atoms with Gasteiger partial charge in [-0.3, -0.25) is 62.3 Å². The van der Waals surface area contributed by atoms with Crippen LogP contribution >= 0.6 is 0 Å². The van der Waals surface area contributed by atoms with Crippen LogP contribution in [0.5, 0.6) is 0 Å². The first-order valence-electron chi connectivity index (χ1n) is 31.8. The van der Waals surface area contributed by atoms with E-state index in [1.165, 1.54) is 13.8 Å². The number of hydrogen-bond donors (Lipinski definition) is 19. The summed E-state index contributed by atoms with van der Waals surface area (Å²) >= 11 is 0. The Bertz CT molecular complexity index is 2620. The van der Waals surface area contributed by atoms with Crippen LogP contribution in [0.2, 0.25) is 0 Å². The lowest BCUT2D eigenvalue weighted by molar-refractivity contribution is -0.155. The minimum Gasteiger partial charge on any atom is -0.459 e. The maximum atomic E-state index is 14.7. The van der Waals surface area contributed by atoms with Gasteiger partial charge in [0.15, 0.2) is 0 Å². The molecule has 2 rings (SSSR count). The Balaban J connectivity index is 2.79. The molecule has 14 atom stereocenters. The second-order valence-electron chi connectivity index (χ2n) is 23.7. The second kappa shape index (κ2) is 43.0. The molecule has 0 radical (unpaired) electrons. The third kappa shape index (κ3) is 29.7. The van der Waals surface area contributed by atoms with Crippen LogP contribution in [-0.4, -0.2) is 200 Å². The van der Waals surface area contributed by atoms with Crippen LogP contribution < -0.4 is 98.6 Å². The molecular formula is C60H104N18O15. The molecule has 0 bridgehead atoms. The predicted molar refractivity (Wildman–Crippen MR) is 342 cm³/mol. The van der Waals surface area contributed by atoms with E-state index < -0.39 is 175 Å². The number of esters is 1. The van der Waals surface area contributed by atoms with Crippen LogP contribution in [0, 0.1) is 11.8 Å². The Morgan fingerprint density at radius 1 is 0.602 bits per heavy atom. The number of aliphatic hydroxyl groups excluding tert-OH is 1. The maximum absolute atomic E-state index is 14.7. The topological polar surface area (TPSA) is 566 Å². The van der Waals surface area contributed by atoms with Gasteiger partial charge in [-0.05, 0) is 115 Å². The van der Waals surface area contributed by atoms with Gasteiger partial charge in [0.25, 0.3) is 0 Å². The second-order valence-corrected chi connectivity index (χ2v) is 23.7. The fourth-order valence-electron chi connectivity index (χ4n) is 9.75. The van der Waals surface area contributed by atoms with Crippen LogP contribution in [0.15, 0.2) is 30.3 Å².